The molecule has 0 bridgehead atoms. The first-order valence-corrected chi connectivity index (χ1v) is 2.74. The van der Waals surface area contributed by atoms with Crippen molar-refractivity contribution in [3.63, 3.8) is 0 Å². The van der Waals surface area contributed by atoms with E-state index in [-0.39, 0.29) is 0 Å². The third-order valence-electron chi connectivity index (χ3n) is 0.554. The molecule has 0 aromatic heterocycles. The molecular weight excluding hydrogens is 158 g/mol. The number of alkyl halides is 2. The van der Waals surface area contributed by atoms with Crippen LogP contribution in [0.3, 0.4) is 0 Å². The summed E-state index contributed by atoms with van der Waals surface area (Å²) in [7, 11) is 0. The molecule has 4 nitrogen and oxygen atoms in total. The van der Waals surface area contributed by atoms with E-state index in [2.05, 4.69) is 8.37 Å². The SMILES string of the molecule is O=C1OS(=O)OC1(F)F. The van der Waals surface area contributed by atoms with Crippen molar-refractivity contribution in [2.75, 3.05) is 0 Å². The minimum absolute atomic E-state index is 1.92. The number of halogens is 2. The van der Waals surface area contributed by atoms with Crippen LogP contribution in [0.1, 0.15) is 0 Å². The summed E-state index contributed by atoms with van der Waals surface area (Å²) < 4.78 is 39.9. The number of carbonyl (C=O) groups excluding carboxylic acids is 1. The van der Waals surface area contributed by atoms with Crippen LogP contribution < -0.4 is 0 Å². The van der Waals surface area contributed by atoms with E-state index >= 15 is 0 Å². The predicted octanol–water partition coefficient (Wildman–Crippen LogP) is -0.269. The Labute approximate surface area is 50.6 Å². The highest BCUT2D eigenvalue weighted by molar-refractivity contribution is 7.76. The third kappa shape index (κ3) is 1.06. The summed E-state index contributed by atoms with van der Waals surface area (Å²) in [4.78, 5) is 9.82. The van der Waals surface area contributed by atoms with Gasteiger partial charge in [-0.3, -0.25) is 0 Å². The zero-order chi connectivity index (χ0) is 7.07. The van der Waals surface area contributed by atoms with Crippen molar-refractivity contribution in [2.45, 2.75) is 6.11 Å². The smallest absolute Gasteiger partial charge is 0.336 e. The Morgan fingerprint density at radius 3 is 2.22 bits per heavy atom. The summed E-state index contributed by atoms with van der Waals surface area (Å²) in [6.07, 6.45) is -4.04. The maximum atomic E-state index is 11.7. The highest BCUT2D eigenvalue weighted by Gasteiger charge is 2.53. The molecular formula is C2F2O4S. The first-order chi connectivity index (χ1) is 4.02. The van der Waals surface area contributed by atoms with Crippen LogP contribution in [0.25, 0.3) is 0 Å². The number of rotatable bonds is 0. The highest BCUT2D eigenvalue weighted by atomic mass is 32.2. The topological polar surface area (TPSA) is 52.6 Å². The van der Waals surface area contributed by atoms with E-state index in [0.717, 1.165) is 0 Å². The Morgan fingerprint density at radius 2 is 2.11 bits per heavy atom. The van der Waals surface area contributed by atoms with Gasteiger partial charge in [-0.2, -0.15) is 17.2 Å². The molecule has 0 aliphatic carbocycles. The van der Waals surface area contributed by atoms with Gasteiger partial charge in [0.2, 0.25) is 0 Å². The Morgan fingerprint density at radius 1 is 1.56 bits per heavy atom. The lowest BCUT2D eigenvalue weighted by molar-refractivity contribution is -0.188. The second kappa shape index (κ2) is 1.71. The summed E-state index contributed by atoms with van der Waals surface area (Å²) in [5.74, 6) is -1.92. The van der Waals surface area contributed by atoms with Gasteiger partial charge >= 0.3 is 23.4 Å². The van der Waals surface area contributed by atoms with E-state index in [1.165, 1.54) is 0 Å². The lowest BCUT2D eigenvalue weighted by Crippen LogP contribution is -2.23. The largest absolute Gasteiger partial charge is 0.472 e. The van der Waals surface area contributed by atoms with Crippen LogP contribution in [0.5, 0.6) is 0 Å². The van der Waals surface area contributed by atoms with E-state index in [1.807, 2.05) is 0 Å². The monoisotopic (exact) mass is 158 g/mol. The quantitative estimate of drug-likeness (QED) is 0.487. The lowest BCUT2D eigenvalue weighted by atomic mass is 10.7. The third-order valence-corrected chi connectivity index (χ3v) is 1.19. The van der Waals surface area contributed by atoms with E-state index in [9.17, 15) is 17.8 Å². The molecule has 7 heteroatoms. The van der Waals surface area contributed by atoms with E-state index in [1.54, 1.807) is 0 Å². The summed E-state index contributed by atoms with van der Waals surface area (Å²) in [6.45, 7) is 0. The van der Waals surface area contributed by atoms with Gasteiger partial charge in [0.1, 0.15) is 0 Å². The number of hydrogen-bond donors (Lipinski definition) is 0. The van der Waals surface area contributed by atoms with Gasteiger partial charge in [0.15, 0.2) is 0 Å². The van der Waals surface area contributed by atoms with Gasteiger partial charge < -0.3 is 4.18 Å². The van der Waals surface area contributed by atoms with Crippen LogP contribution in [0, 0.1) is 0 Å². The molecule has 0 saturated carbocycles. The molecule has 1 aliphatic heterocycles. The van der Waals surface area contributed by atoms with Crippen LogP contribution >= 0.6 is 0 Å². The molecule has 1 heterocycles. The van der Waals surface area contributed by atoms with Crippen molar-refractivity contribution in [1.29, 1.82) is 0 Å². The molecule has 1 aliphatic rings. The molecule has 0 N–H and O–H groups in total. The van der Waals surface area contributed by atoms with Crippen LogP contribution in [-0.4, -0.2) is 16.3 Å². The Kier molecular flexibility index (Phi) is 1.24. The zero-order valence-corrected chi connectivity index (χ0v) is 4.61. The molecule has 0 radical (unpaired) electrons. The fourth-order valence-corrected chi connectivity index (χ4v) is 0.740. The van der Waals surface area contributed by atoms with E-state index in [0.29, 0.717) is 0 Å². The molecule has 1 atom stereocenters. The second-order valence-corrected chi connectivity index (χ2v) is 1.92. The first kappa shape index (κ1) is 6.56. The van der Waals surface area contributed by atoms with Crippen molar-refractivity contribution in [3.8, 4) is 0 Å². The summed E-state index contributed by atoms with van der Waals surface area (Å²) in [6, 6.07) is 0. The standard InChI is InChI=1S/C2F2O4S/c3-2(4)1(5)7-9(6)8-2. The molecule has 0 aromatic rings. The zero-order valence-electron chi connectivity index (χ0n) is 3.80. The maximum absolute atomic E-state index is 11.7. The van der Waals surface area contributed by atoms with E-state index < -0.39 is 23.4 Å². The van der Waals surface area contributed by atoms with E-state index in [4.69, 9.17) is 0 Å². The van der Waals surface area contributed by atoms with Crippen LogP contribution in [-0.2, 0) is 24.5 Å². The van der Waals surface area contributed by atoms with Gasteiger partial charge in [-0.25, -0.2) is 4.79 Å². The van der Waals surface area contributed by atoms with Gasteiger partial charge in [-0.1, -0.05) is 0 Å². The number of carbonyl (C=O) groups is 1. The Bertz CT molecular complexity index is 177. The highest BCUT2D eigenvalue weighted by Crippen LogP contribution is 2.25. The Balaban J connectivity index is 2.81. The normalized spacial score (nSPS) is 32.2. The number of hydrogen-bond acceptors (Lipinski definition) is 4. The van der Waals surface area contributed by atoms with Gasteiger partial charge in [0, 0.05) is 0 Å². The maximum Gasteiger partial charge on any atom is 0.472 e. The van der Waals surface area contributed by atoms with Gasteiger partial charge in [-0.15, -0.1) is 0 Å². The predicted molar refractivity (Wildman–Crippen MR) is 20.3 cm³/mol. The molecule has 9 heavy (non-hydrogen) atoms. The van der Waals surface area contributed by atoms with Crippen molar-refractivity contribution in [2.24, 2.45) is 0 Å². The lowest BCUT2D eigenvalue weighted by Gasteiger charge is -1.94. The van der Waals surface area contributed by atoms with Crippen molar-refractivity contribution in [3.05, 3.63) is 0 Å². The average Bonchev–Trinajstić information content (AvgIpc) is 1.79. The minimum atomic E-state index is -4.04. The molecule has 0 aromatic carbocycles. The molecule has 0 spiro atoms. The molecule has 1 rings (SSSR count). The fourth-order valence-electron chi connectivity index (χ4n) is 0.247. The first-order valence-electron chi connectivity index (χ1n) is 1.74. The fraction of sp³-hybridized carbons (Fsp3) is 0.500. The molecule has 1 fully saturated rings. The summed E-state index contributed by atoms with van der Waals surface area (Å²) >= 11 is -2.62. The van der Waals surface area contributed by atoms with Gasteiger partial charge in [0.25, 0.3) is 0 Å². The Hall–Kier alpha value is -0.560. The average molecular weight is 158 g/mol. The van der Waals surface area contributed by atoms with Crippen molar-refractivity contribution in [1.82, 2.24) is 0 Å². The molecule has 1 unspecified atom stereocenters. The molecule has 0 amide bonds. The second-order valence-electron chi connectivity index (χ2n) is 1.18. The van der Waals surface area contributed by atoms with Crippen LogP contribution in [0.4, 0.5) is 8.78 Å². The van der Waals surface area contributed by atoms with Crippen LogP contribution in [0.15, 0.2) is 0 Å². The summed E-state index contributed by atoms with van der Waals surface area (Å²) in [5, 5.41) is 0. The minimum Gasteiger partial charge on any atom is -0.336 e. The summed E-state index contributed by atoms with van der Waals surface area (Å²) in [5.41, 5.74) is 0. The van der Waals surface area contributed by atoms with Gasteiger partial charge in [0.05, 0.1) is 0 Å². The molecule has 1 saturated heterocycles. The van der Waals surface area contributed by atoms with Crippen LogP contribution in [0.2, 0.25) is 0 Å². The van der Waals surface area contributed by atoms with Crippen molar-refractivity contribution < 1.29 is 26.2 Å². The van der Waals surface area contributed by atoms with Gasteiger partial charge in [-0.05, 0) is 0 Å². The molecule has 52 valence electrons. The van der Waals surface area contributed by atoms with Crippen molar-refractivity contribution >= 4 is 17.3 Å².